The van der Waals surface area contributed by atoms with Crippen LogP contribution in [0.5, 0.6) is 0 Å². The maximum absolute atomic E-state index is 15.1. The molecule has 0 radical (unpaired) electrons. The highest BCUT2D eigenvalue weighted by molar-refractivity contribution is 7.46. The van der Waals surface area contributed by atoms with Gasteiger partial charge in [0, 0.05) is 12.7 Å². The third-order valence-corrected chi connectivity index (χ3v) is 5.23. The first-order valence-electron chi connectivity index (χ1n) is 9.19. The fourth-order valence-electron chi connectivity index (χ4n) is 3.34. The summed E-state index contributed by atoms with van der Waals surface area (Å²) in [6, 6.07) is 1.14. The van der Waals surface area contributed by atoms with Crippen LogP contribution in [-0.2, 0) is 18.6 Å². The van der Waals surface area contributed by atoms with Crippen molar-refractivity contribution in [2.75, 3.05) is 32.0 Å². The molecule has 2 saturated heterocycles. The number of phosphoric acid groups is 1. The molecular formula is C16H23F2N4O7P. The number of anilines is 1. The van der Waals surface area contributed by atoms with Crippen molar-refractivity contribution < 1.29 is 37.1 Å². The van der Waals surface area contributed by atoms with E-state index >= 15 is 8.78 Å². The van der Waals surface area contributed by atoms with Gasteiger partial charge in [0.05, 0.1) is 12.9 Å². The second-order valence-electron chi connectivity index (χ2n) is 6.97. The van der Waals surface area contributed by atoms with Crippen LogP contribution in [0.2, 0.25) is 0 Å². The normalized spacial score (nSPS) is 27.1. The van der Waals surface area contributed by atoms with Crippen molar-refractivity contribution in [3.63, 3.8) is 0 Å². The minimum absolute atomic E-state index is 0.156. The maximum atomic E-state index is 15.1. The van der Waals surface area contributed by atoms with Crippen molar-refractivity contribution in [1.29, 1.82) is 0 Å². The highest BCUT2D eigenvalue weighted by Gasteiger charge is 2.62. The topological polar surface area (TPSA) is 149 Å². The lowest BCUT2D eigenvalue weighted by Crippen LogP contribution is -2.43. The van der Waals surface area contributed by atoms with Crippen LogP contribution in [0, 0.1) is 0 Å². The number of rotatable bonds is 8. The molecule has 0 bridgehead atoms. The summed E-state index contributed by atoms with van der Waals surface area (Å²) in [5.41, 5.74) is 4.31. The molecule has 2 aliphatic heterocycles. The molecule has 0 aliphatic carbocycles. The molecule has 2 aliphatic rings. The number of phosphoric ester groups is 1. The molecular weight excluding hydrogens is 429 g/mol. The third kappa shape index (κ3) is 5.42. The fraction of sp³-hybridized carbons (Fsp3) is 0.625. The van der Waals surface area contributed by atoms with Crippen LogP contribution in [0.25, 0.3) is 0 Å². The Hall–Kier alpha value is -1.89. The van der Waals surface area contributed by atoms with Crippen LogP contribution in [0.1, 0.15) is 19.1 Å². The number of nitrogen functional groups attached to an aromatic ring is 1. The van der Waals surface area contributed by atoms with Gasteiger partial charge in [0.25, 0.3) is 0 Å². The minimum Gasteiger partial charge on any atom is -0.489 e. The van der Waals surface area contributed by atoms with Crippen molar-refractivity contribution in [2.45, 2.75) is 37.2 Å². The number of aromatic nitrogens is 2. The Morgan fingerprint density at radius 3 is 2.73 bits per heavy atom. The van der Waals surface area contributed by atoms with E-state index in [4.69, 9.17) is 25.0 Å². The zero-order chi connectivity index (χ0) is 21.9. The van der Waals surface area contributed by atoms with E-state index in [1.54, 1.807) is 6.08 Å². The minimum atomic E-state index is -4.94. The van der Waals surface area contributed by atoms with Crippen LogP contribution < -0.4 is 11.4 Å². The van der Waals surface area contributed by atoms with Crippen molar-refractivity contribution in [2.24, 2.45) is 0 Å². The molecule has 11 nitrogen and oxygen atoms in total. The summed E-state index contributed by atoms with van der Waals surface area (Å²) < 4.78 is 56.4. The smallest absolute Gasteiger partial charge is 0.469 e. The van der Waals surface area contributed by atoms with E-state index in [9.17, 15) is 9.36 Å². The summed E-state index contributed by atoms with van der Waals surface area (Å²) >= 11 is 0. The van der Waals surface area contributed by atoms with Gasteiger partial charge in [-0.1, -0.05) is 0 Å². The van der Waals surface area contributed by atoms with Gasteiger partial charge in [0.15, 0.2) is 6.10 Å². The van der Waals surface area contributed by atoms with Crippen LogP contribution in [0.3, 0.4) is 0 Å². The Labute approximate surface area is 170 Å². The lowest BCUT2D eigenvalue weighted by atomic mass is 10.1. The number of nitrogens with zero attached hydrogens (tertiary/aromatic N) is 3. The Morgan fingerprint density at radius 2 is 2.10 bits per heavy atom. The molecule has 168 valence electrons. The third-order valence-electron chi connectivity index (χ3n) is 4.74. The predicted octanol–water partition coefficient (Wildman–Crippen LogP) is 0.462. The number of hydrogen-bond acceptors (Lipinski definition) is 8. The van der Waals surface area contributed by atoms with Gasteiger partial charge in [0.2, 0.25) is 6.23 Å². The second-order valence-corrected chi connectivity index (χ2v) is 8.21. The van der Waals surface area contributed by atoms with Crippen LogP contribution in [-0.4, -0.2) is 68.6 Å². The Kier molecular flexibility index (Phi) is 6.90. The SMILES string of the molecule is Nc1ccn([C@@H]2O[C@H](COP(=O)(O)O)[C@H](O/C=C/CN3CCCC3)C2(F)F)c(=O)n1. The molecule has 3 rings (SSSR count). The highest BCUT2D eigenvalue weighted by atomic mass is 31.2. The van der Waals surface area contributed by atoms with Gasteiger partial charge in [-0.15, -0.1) is 0 Å². The van der Waals surface area contributed by atoms with E-state index in [-0.39, 0.29) is 5.82 Å². The number of halogens is 2. The quantitative estimate of drug-likeness (QED) is 0.375. The Bertz CT molecular complexity index is 871. The van der Waals surface area contributed by atoms with Gasteiger partial charge in [0.1, 0.15) is 11.9 Å². The van der Waals surface area contributed by atoms with E-state index in [1.165, 1.54) is 0 Å². The first kappa shape index (κ1) is 22.8. The lowest BCUT2D eigenvalue weighted by Gasteiger charge is -2.23. The van der Waals surface area contributed by atoms with Gasteiger partial charge >= 0.3 is 19.4 Å². The highest BCUT2D eigenvalue weighted by Crippen LogP contribution is 2.46. The zero-order valence-corrected chi connectivity index (χ0v) is 16.7. The van der Waals surface area contributed by atoms with Crippen LogP contribution in [0.15, 0.2) is 29.4 Å². The monoisotopic (exact) mass is 452 g/mol. The molecule has 2 fully saturated rings. The Balaban J connectivity index is 1.78. The molecule has 4 N–H and O–H groups in total. The van der Waals surface area contributed by atoms with E-state index in [0.717, 1.165) is 44.5 Å². The number of nitrogens with two attached hydrogens (primary N) is 1. The first-order valence-corrected chi connectivity index (χ1v) is 10.7. The summed E-state index contributed by atoms with van der Waals surface area (Å²) in [6.07, 6.45) is 0.125. The molecule has 3 heterocycles. The lowest BCUT2D eigenvalue weighted by molar-refractivity contribution is -0.142. The summed E-state index contributed by atoms with van der Waals surface area (Å²) in [6.45, 7) is 1.44. The number of likely N-dealkylation sites (tertiary alicyclic amines) is 1. The van der Waals surface area contributed by atoms with Crippen molar-refractivity contribution in [3.8, 4) is 0 Å². The molecule has 3 atom stereocenters. The average Bonchev–Trinajstić information content (AvgIpc) is 3.23. The summed E-state index contributed by atoms with van der Waals surface area (Å²) in [7, 11) is -4.94. The van der Waals surface area contributed by atoms with Crippen molar-refractivity contribution in [1.82, 2.24) is 14.5 Å². The van der Waals surface area contributed by atoms with Gasteiger partial charge in [-0.25, -0.2) is 9.36 Å². The summed E-state index contributed by atoms with van der Waals surface area (Å²) in [5, 5.41) is 0. The second kappa shape index (κ2) is 9.08. The van der Waals surface area contributed by atoms with E-state index in [2.05, 4.69) is 14.4 Å². The van der Waals surface area contributed by atoms with E-state index in [1.807, 2.05) is 0 Å². The number of hydrogen-bond donors (Lipinski definition) is 3. The fourth-order valence-corrected chi connectivity index (χ4v) is 3.69. The van der Waals surface area contributed by atoms with Gasteiger partial charge < -0.3 is 25.0 Å². The van der Waals surface area contributed by atoms with Gasteiger partial charge in [-0.3, -0.25) is 14.0 Å². The molecule has 0 unspecified atom stereocenters. The van der Waals surface area contributed by atoms with Crippen LogP contribution in [0.4, 0.5) is 14.6 Å². The average molecular weight is 452 g/mol. The van der Waals surface area contributed by atoms with Gasteiger partial charge in [-0.05, 0) is 38.1 Å². The standard InChI is InChI=1S/C16H23F2N4O7P/c17-16(18)13(27-9-3-7-21-5-1-2-6-21)11(10-28-30(24,25)26)29-14(16)22-8-4-12(19)20-15(22)23/h3-4,8-9,11,13-14H,1-2,5-7,10H2,(H2,19,20,23)(H2,24,25,26)/b9-3+/t11-,13+,14-/m1/s1. The molecule has 1 aromatic heterocycles. The summed E-state index contributed by atoms with van der Waals surface area (Å²) in [5.74, 6) is -3.90. The molecule has 0 amide bonds. The largest absolute Gasteiger partial charge is 0.489 e. The van der Waals surface area contributed by atoms with Gasteiger partial charge in [-0.2, -0.15) is 13.8 Å². The molecule has 0 spiro atoms. The van der Waals surface area contributed by atoms with Crippen LogP contribution >= 0.6 is 7.82 Å². The number of ether oxygens (including phenoxy) is 2. The molecule has 0 saturated carbocycles. The first-order chi connectivity index (χ1) is 14.1. The van der Waals surface area contributed by atoms with E-state index in [0.29, 0.717) is 11.1 Å². The summed E-state index contributed by atoms with van der Waals surface area (Å²) in [4.78, 5) is 35.3. The van der Waals surface area contributed by atoms with Crippen molar-refractivity contribution in [3.05, 3.63) is 35.1 Å². The Morgan fingerprint density at radius 1 is 1.40 bits per heavy atom. The zero-order valence-electron chi connectivity index (χ0n) is 15.8. The molecule has 14 heteroatoms. The number of alkyl halides is 2. The molecule has 0 aromatic carbocycles. The molecule has 30 heavy (non-hydrogen) atoms. The maximum Gasteiger partial charge on any atom is 0.469 e. The molecule has 1 aromatic rings. The van der Waals surface area contributed by atoms with E-state index < -0.39 is 44.5 Å². The predicted molar refractivity (Wildman–Crippen MR) is 99.4 cm³/mol. The van der Waals surface area contributed by atoms with Crippen molar-refractivity contribution >= 4 is 13.6 Å².